The number of aromatic nitrogens is 2. The fourth-order valence-corrected chi connectivity index (χ4v) is 2.37. The first kappa shape index (κ1) is 11.3. The molecule has 0 atom stereocenters. The summed E-state index contributed by atoms with van der Waals surface area (Å²) in [6, 6.07) is 0.577. The molecular formula is C12H22N4. The second kappa shape index (κ2) is 4.00. The van der Waals surface area contributed by atoms with Gasteiger partial charge in [0.1, 0.15) is 5.82 Å². The van der Waals surface area contributed by atoms with Crippen molar-refractivity contribution < 1.29 is 0 Å². The van der Waals surface area contributed by atoms with Crippen LogP contribution >= 0.6 is 0 Å². The molecule has 1 heterocycles. The summed E-state index contributed by atoms with van der Waals surface area (Å²) in [4.78, 5) is 0. The Balaban J connectivity index is 2.14. The molecule has 0 spiro atoms. The number of nitrogens with zero attached hydrogens (tertiary/aromatic N) is 2. The van der Waals surface area contributed by atoms with Crippen LogP contribution in [0.25, 0.3) is 0 Å². The maximum absolute atomic E-state index is 6.12. The minimum atomic E-state index is 0.377. The second-order valence-electron chi connectivity index (χ2n) is 5.34. The van der Waals surface area contributed by atoms with Gasteiger partial charge in [-0.05, 0) is 24.7 Å². The lowest BCUT2D eigenvalue weighted by Crippen LogP contribution is -2.34. The molecule has 0 unspecified atom stereocenters. The summed E-state index contributed by atoms with van der Waals surface area (Å²) >= 11 is 0. The number of nitrogen functional groups attached to an aromatic ring is 1. The van der Waals surface area contributed by atoms with E-state index in [2.05, 4.69) is 31.2 Å². The Morgan fingerprint density at radius 3 is 2.50 bits per heavy atom. The maximum Gasteiger partial charge on any atom is 0.148 e. The second-order valence-corrected chi connectivity index (χ2v) is 5.34. The van der Waals surface area contributed by atoms with Crippen LogP contribution in [0.2, 0.25) is 0 Å². The van der Waals surface area contributed by atoms with Crippen LogP contribution in [0.3, 0.4) is 0 Å². The van der Waals surface area contributed by atoms with Crippen molar-refractivity contribution in [1.29, 1.82) is 0 Å². The summed E-state index contributed by atoms with van der Waals surface area (Å²) in [6.07, 6.45) is 2.48. The van der Waals surface area contributed by atoms with Gasteiger partial charge >= 0.3 is 0 Å². The van der Waals surface area contributed by atoms with Crippen molar-refractivity contribution in [2.45, 2.75) is 45.6 Å². The van der Waals surface area contributed by atoms with Gasteiger partial charge in [-0.25, -0.2) is 0 Å². The number of hydrogen-bond donors (Lipinski definition) is 2. The van der Waals surface area contributed by atoms with E-state index in [1.165, 1.54) is 12.8 Å². The molecule has 4 nitrogen and oxygen atoms in total. The average molecular weight is 222 g/mol. The van der Waals surface area contributed by atoms with Crippen LogP contribution in [0.1, 0.15) is 45.2 Å². The molecule has 0 bridgehead atoms. The van der Waals surface area contributed by atoms with Crippen LogP contribution in [-0.2, 0) is 7.05 Å². The van der Waals surface area contributed by atoms with Crippen LogP contribution in [0.15, 0.2) is 0 Å². The molecule has 4 heteroatoms. The van der Waals surface area contributed by atoms with Crippen molar-refractivity contribution in [1.82, 2.24) is 9.78 Å². The third kappa shape index (κ3) is 1.88. The molecule has 0 radical (unpaired) electrons. The predicted octanol–water partition coefficient (Wildman–Crippen LogP) is 2.34. The molecule has 0 saturated heterocycles. The van der Waals surface area contributed by atoms with E-state index in [0.29, 0.717) is 12.0 Å². The number of nitrogens with one attached hydrogen (secondary N) is 1. The molecule has 2 rings (SSSR count). The van der Waals surface area contributed by atoms with Gasteiger partial charge in [0.05, 0.1) is 11.4 Å². The zero-order valence-corrected chi connectivity index (χ0v) is 10.6. The molecule has 3 N–H and O–H groups in total. The lowest BCUT2D eigenvalue weighted by Gasteiger charge is -2.34. The van der Waals surface area contributed by atoms with E-state index in [9.17, 15) is 0 Å². The summed E-state index contributed by atoms with van der Waals surface area (Å²) in [6.45, 7) is 6.52. The quantitative estimate of drug-likeness (QED) is 0.825. The topological polar surface area (TPSA) is 55.9 Å². The van der Waals surface area contributed by atoms with Crippen LogP contribution in [0, 0.1) is 5.92 Å². The highest BCUT2D eigenvalue weighted by molar-refractivity contribution is 5.66. The summed E-state index contributed by atoms with van der Waals surface area (Å²) < 4.78 is 1.87. The number of hydrogen-bond acceptors (Lipinski definition) is 3. The standard InChI is InChI=1S/C12H22N4/c1-7(2)11-10(13)12(16(4)15-11)14-9-5-8(3)6-9/h7-9,14H,5-6,13H2,1-4H3. The molecule has 1 aliphatic carbocycles. The van der Waals surface area contributed by atoms with Crippen LogP contribution in [0.5, 0.6) is 0 Å². The Bertz CT molecular complexity index is 375. The largest absolute Gasteiger partial charge is 0.394 e. The summed E-state index contributed by atoms with van der Waals surface area (Å²) in [5.41, 5.74) is 7.94. The number of rotatable bonds is 3. The number of aryl methyl sites for hydroxylation is 1. The fraction of sp³-hybridized carbons (Fsp3) is 0.750. The van der Waals surface area contributed by atoms with E-state index < -0.39 is 0 Å². The minimum absolute atomic E-state index is 0.377. The number of anilines is 2. The first-order valence-corrected chi connectivity index (χ1v) is 6.08. The molecule has 90 valence electrons. The third-order valence-electron chi connectivity index (χ3n) is 3.37. The van der Waals surface area contributed by atoms with Crippen molar-refractivity contribution >= 4 is 11.5 Å². The normalized spacial score (nSPS) is 24.6. The van der Waals surface area contributed by atoms with E-state index in [0.717, 1.165) is 23.1 Å². The average Bonchev–Trinajstić information content (AvgIpc) is 2.42. The van der Waals surface area contributed by atoms with E-state index >= 15 is 0 Å². The Morgan fingerprint density at radius 2 is 2.06 bits per heavy atom. The molecular weight excluding hydrogens is 200 g/mol. The van der Waals surface area contributed by atoms with Gasteiger partial charge in [-0.1, -0.05) is 20.8 Å². The molecule has 1 aromatic rings. The Kier molecular flexibility index (Phi) is 2.82. The predicted molar refractivity (Wildman–Crippen MR) is 67.5 cm³/mol. The van der Waals surface area contributed by atoms with E-state index in [4.69, 9.17) is 5.73 Å². The van der Waals surface area contributed by atoms with Crippen molar-refractivity contribution in [3.05, 3.63) is 5.69 Å². The summed E-state index contributed by atoms with van der Waals surface area (Å²) in [5, 5.41) is 7.97. The highest BCUT2D eigenvalue weighted by Gasteiger charge is 2.27. The highest BCUT2D eigenvalue weighted by atomic mass is 15.3. The maximum atomic E-state index is 6.12. The van der Waals surface area contributed by atoms with E-state index in [1.54, 1.807) is 0 Å². The fourth-order valence-electron chi connectivity index (χ4n) is 2.37. The summed E-state index contributed by atoms with van der Waals surface area (Å²) in [7, 11) is 1.95. The van der Waals surface area contributed by atoms with Crippen molar-refractivity contribution in [3.8, 4) is 0 Å². The molecule has 0 amide bonds. The highest BCUT2D eigenvalue weighted by Crippen LogP contribution is 2.33. The molecule has 1 saturated carbocycles. The number of nitrogens with two attached hydrogens (primary N) is 1. The molecule has 1 aliphatic rings. The molecule has 16 heavy (non-hydrogen) atoms. The summed E-state index contributed by atoms with van der Waals surface area (Å²) in [5.74, 6) is 2.21. The Morgan fingerprint density at radius 1 is 1.44 bits per heavy atom. The van der Waals surface area contributed by atoms with Gasteiger partial charge in [0.2, 0.25) is 0 Å². The Labute approximate surface area is 97.2 Å². The van der Waals surface area contributed by atoms with Crippen LogP contribution in [0.4, 0.5) is 11.5 Å². The van der Waals surface area contributed by atoms with Gasteiger partial charge in [-0.15, -0.1) is 0 Å². The monoisotopic (exact) mass is 222 g/mol. The van der Waals surface area contributed by atoms with E-state index in [1.807, 2.05) is 11.7 Å². The molecule has 1 fully saturated rings. The van der Waals surface area contributed by atoms with Crippen LogP contribution < -0.4 is 11.1 Å². The lowest BCUT2D eigenvalue weighted by molar-refractivity contribution is 0.308. The molecule has 1 aromatic heterocycles. The molecule has 0 aliphatic heterocycles. The Hall–Kier alpha value is -1.19. The van der Waals surface area contributed by atoms with Gasteiger partial charge in [-0.2, -0.15) is 5.10 Å². The lowest BCUT2D eigenvalue weighted by atomic mass is 9.82. The van der Waals surface area contributed by atoms with Crippen LogP contribution in [-0.4, -0.2) is 15.8 Å². The van der Waals surface area contributed by atoms with Gasteiger partial charge in [-0.3, -0.25) is 4.68 Å². The SMILES string of the molecule is CC1CC(Nc2c(N)c(C(C)C)nn2C)C1. The first-order valence-electron chi connectivity index (χ1n) is 6.08. The van der Waals surface area contributed by atoms with Crippen molar-refractivity contribution in [3.63, 3.8) is 0 Å². The third-order valence-corrected chi connectivity index (χ3v) is 3.37. The van der Waals surface area contributed by atoms with Crippen molar-refractivity contribution in [2.24, 2.45) is 13.0 Å². The molecule has 0 aromatic carbocycles. The zero-order chi connectivity index (χ0) is 11.9. The minimum Gasteiger partial charge on any atom is -0.394 e. The first-order chi connectivity index (χ1) is 7.49. The smallest absolute Gasteiger partial charge is 0.148 e. The zero-order valence-electron chi connectivity index (χ0n) is 10.6. The van der Waals surface area contributed by atoms with Gasteiger partial charge in [0.15, 0.2) is 0 Å². The van der Waals surface area contributed by atoms with Gasteiger partial charge < -0.3 is 11.1 Å². The van der Waals surface area contributed by atoms with Gasteiger partial charge in [0.25, 0.3) is 0 Å². The van der Waals surface area contributed by atoms with E-state index in [-0.39, 0.29) is 0 Å². The van der Waals surface area contributed by atoms with Gasteiger partial charge in [0, 0.05) is 13.1 Å². The van der Waals surface area contributed by atoms with Crippen molar-refractivity contribution in [2.75, 3.05) is 11.1 Å².